The molecule has 2 aromatic carbocycles. The molecule has 40 heavy (non-hydrogen) atoms. The van der Waals surface area contributed by atoms with Crippen molar-refractivity contribution < 1.29 is 23.6 Å². The molecule has 2 saturated heterocycles. The van der Waals surface area contributed by atoms with E-state index in [1.807, 2.05) is 6.07 Å². The van der Waals surface area contributed by atoms with Crippen molar-refractivity contribution in [1.29, 1.82) is 0 Å². The summed E-state index contributed by atoms with van der Waals surface area (Å²) in [6, 6.07) is 12.8. The normalized spacial score (nSPS) is 22.1. The minimum atomic E-state index is -0.976. The third-order valence-electron chi connectivity index (χ3n) is 8.13. The lowest BCUT2D eigenvalue weighted by atomic mass is 10.00. The molecule has 1 N–H and O–H groups in total. The first kappa shape index (κ1) is 25.6. The van der Waals surface area contributed by atoms with Gasteiger partial charge in [0.05, 0.1) is 28.3 Å². The van der Waals surface area contributed by atoms with E-state index in [0.717, 1.165) is 49.8 Å². The van der Waals surface area contributed by atoms with Gasteiger partial charge in [-0.25, -0.2) is 4.79 Å². The number of ether oxygens (including phenoxy) is 1. The number of carboxylic acids is 1. The Bertz CT molecular complexity index is 1530. The van der Waals surface area contributed by atoms with Gasteiger partial charge in [0, 0.05) is 34.7 Å². The first-order valence-electron chi connectivity index (χ1n) is 13.5. The fraction of sp³-hybridized carbons (Fsp3) is 0.379. The van der Waals surface area contributed by atoms with Crippen LogP contribution in [0.1, 0.15) is 66.1 Å². The minimum Gasteiger partial charge on any atom is -0.478 e. The van der Waals surface area contributed by atoms with Gasteiger partial charge >= 0.3 is 12.0 Å². The van der Waals surface area contributed by atoms with E-state index in [1.54, 1.807) is 24.3 Å². The molecular weight excluding hydrogens is 555 g/mol. The van der Waals surface area contributed by atoms with Crippen molar-refractivity contribution in [2.45, 2.75) is 69.2 Å². The molecule has 3 aliphatic rings. The molecule has 4 aromatic rings. The third kappa shape index (κ3) is 4.66. The maximum Gasteiger partial charge on any atom is 0.335 e. The summed E-state index contributed by atoms with van der Waals surface area (Å²) in [6.45, 7) is 0.382. The first-order valence-corrected chi connectivity index (χ1v) is 14.2. The summed E-state index contributed by atoms with van der Waals surface area (Å²) in [5.41, 5.74) is 3.17. The average molecular weight is 581 g/mol. The summed E-state index contributed by atoms with van der Waals surface area (Å²) >= 11 is 13.0. The number of piperidine rings is 1. The summed E-state index contributed by atoms with van der Waals surface area (Å²) in [7, 11) is 0. The summed E-state index contributed by atoms with van der Waals surface area (Å²) in [5.74, 6) is 0.638. The molecule has 1 saturated carbocycles. The number of aromatic nitrogens is 3. The van der Waals surface area contributed by atoms with Crippen molar-refractivity contribution in [1.82, 2.24) is 15.4 Å². The van der Waals surface area contributed by atoms with Crippen LogP contribution in [0.3, 0.4) is 0 Å². The quantitative estimate of drug-likeness (QED) is 0.235. The molecule has 2 bridgehead atoms. The maximum atomic E-state index is 11.1. The lowest BCUT2D eigenvalue weighted by molar-refractivity contribution is 0.0139. The van der Waals surface area contributed by atoms with E-state index < -0.39 is 5.97 Å². The SMILES string of the molecule is O=C(O)c1ccc(-c2nnc(N3[C@@H]4CC[C@H]3CC(OCc3c(-c5c(Cl)cccc5Cl)noc3C3CC3)C4)o2)cc1. The number of hydrogen-bond acceptors (Lipinski definition) is 8. The second-order valence-corrected chi connectivity index (χ2v) is 11.5. The molecule has 0 amide bonds. The highest BCUT2D eigenvalue weighted by atomic mass is 35.5. The van der Waals surface area contributed by atoms with Crippen LogP contribution < -0.4 is 4.90 Å². The monoisotopic (exact) mass is 580 g/mol. The molecule has 1 aliphatic carbocycles. The second kappa shape index (κ2) is 10.2. The summed E-state index contributed by atoms with van der Waals surface area (Å²) in [5, 5.41) is 23.2. The fourth-order valence-corrected chi connectivity index (χ4v) is 6.59. The summed E-state index contributed by atoms with van der Waals surface area (Å²) < 4.78 is 18.4. The van der Waals surface area contributed by atoms with Gasteiger partial charge in [-0.3, -0.25) is 0 Å². The van der Waals surface area contributed by atoms with Crippen LogP contribution in [0.15, 0.2) is 51.4 Å². The molecule has 11 heteroatoms. The minimum absolute atomic E-state index is 0.0659. The van der Waals surface area contributed by atoms with Crippen LogP contribution >= 0.6 is 23.2 Å². The van der Waals surface area contributed by atoms with E-state index in [9.17, 15) is 4.79 Å². The number of carboxylic acid groups (broad SMARTS) is 1. The molecule has 3 fully saturated rings. The number of hydrogen-bond donors (Lipinski definition) is 1. The van der Waals surface area contributed by atoms with Gasteiger partial charge in [-0.05, 0) is 74.9 Å². The van der Waals surface area contributed by atoms with E-state index in [4.69, 9.17) is 42.0 Å². The molecule has 1 unspecified atom stereocenters. The van der Waals surface area contributed by atoms with Gasteiger partial charge < -0.3 is 23.7 Å². The van der Waals surface area contributed by atoms with Crippen molar-refractivity contribution >= 4 is 35.2 Å². The van der Waals surface area contributed by atoms with E-state index in [1.165, 1.54) is 12.1 Å². The number of fused-ring (bicyclic) bond motifs is 2. The summed E-state index contributed by atoms with van der Waals surface area (Å²) in [4.78, 5) is 13.4. The highest BCUT2D eigenvalue weighted by molar-refractivity contribution is 6.39. The van der Waals surface area contributed by atoms with Crippen molar-refractivity contribution in [3.05, 3.63) is 69.4 Å². The smallest absolute Gasteiger partial charge is 0.335 e. The fourth-order valence-electron chi connectivity index (χ4n) is 6.02. The predicted octanol–water partition coefficient (Wildman–Crippen LogP) is 6.99. The van der Waals surface area contributed by atoms with Crippen LogP contribution in [-0.4, -0.2) is 44.6 Å². The highest BCUT2D eigenvalue weighted by Crippen LogP contribution is 2.47. The topological polar surface area (TPSA) is 115 Å². The molecule has 2 aliphatic heterocycles. The van der Waals surface area contributed by atoms with Crippen molar-refractivity contribution in [2.24, 2.45) is 0 Å². The molecule has 9 nitrogen and oxygen atoms in total. The molecule has 206 valence electrons. The Hall–Kier alpha value is -3.40. The Kier molecular flexibility index (Phi) is 6.53. The second-order valence-electron chi connectivity index (χ2n) is 10.7. The number of rotatable bonds is 8. The van der Waals surface area contributed by atoms with E-state index in [-0.39, 0.29) is 23.8 Å². The number of carbonyl (C=O) groups is 1. The molecule has 0 radical (unpaired) electrons. The Balaban J connectivity index is 1.06. The van der Waals surface area contributed by atoms with Crippen LogP contribution in [0, 0.1) is 0 Å². The highest BCUT2D eigenvalue weighted by Gasteiger charge is 2.44. The zero-order chi connectivity index (χ0) is 27.4. The first-order chi connectivity index (χ1) is 19.5. The van der Waals surface area contributed by atoms with Gasteiger partial charge in [0.1, 0.15) is 11.5 Å². The Morgan fingerprint density at radius 1 is 1.00 bits per heavy atom. The molecule has 0 spiro atoms. The van der Waals surface area contributed by atoms with Gasteiger partial charge in [-0.1, -0.05) is 39.5 Å². The number of aromatic carboxylic acids is 1. The molecule has 2 aromatic heterocycles. The van der Waals surface area contributed by atoms with Gasteiger partial charge in [0.25, 0.3) is 0 Å². The Labute approximate surface area is 240 Å². The Morgan fingerprint density at radius 3 is 2.35 bits per heavy atom. The van der Waals surface area contributed by atoms with Crippen molar-refractivity contribution in [2.75, 3.05) is 4.90 Å². The van der Waals surface area contributed by atoms with Crippen LogP contribution in [0.4, 0.5) is 6.01 Å². The number of anilines is 1. The Morgan fingerprint density at radius 2 is 1.70 bits per heavy atom. The van der Waals surface area contributed by atoms with E-state index in [2.05, 4.69) is 20.3 Å². The maximum absolute atomic E-state index is 11.1. The number of nitrogens with zero attached hydrogens (tertiary/aromatic N) is 4. The lowest BCUT2D eigenvalue weighted by Crippen LogP contribution is -2.45. The van der Waals surface area contributed by atoms with E-state index >= 15 is 0 Å². The molecule has 4 heterocycles. The molecular formula is C29H26Cl2N4O5. The van der Waals surface area contributed by atoms with Crippen molar-refractivity contribution in [3.63, 3.8) is 0 Å². The lowest BCUT2D eigenvalue weighted by Gasteiger charge is -2.37. The van der Waals surface area contributed by atoms with Crippen molar-refractivity contribution in [3.8, 4) is 22.7 Å². The zero-order valence-corrected chi connectivity index (χ0v) is 22.9. The third-order valence-corrected chi connectivity index (χ3v) is 8.76. The van der Waals surface area contributed by atoms with Crippen LogP contribution in [0.2, 0.25) is 10.0 Å². The van der Waals surface area contributed by atoms with Gasteiger partial charge in [-0.15, -0.1) is 5.10 Å². The van der Waals surface area contributed by atoms with E-state index in [0.29, 0.717) is 51.3 Å². The van der Waals surface area contributed by atoms with Crippen LogP contribution in [-0.2, 0) is 11.3 Å². The van der Waals surface area contributed by atoms with Crippen LogP contribution in [0.25, 0.3) is 22.7 Å². The average Bonchev–Trinajstić information content (AvgIpc) is 3.42. The zero-order valence-electron chi connectivity index (χ0n) is 21.4. The van der Waals surface area contributed by atoms with Gasteiger partial charge in [0.15, 0.2) is 0 Å². The summed E-state index contributed by atoms with van der Waals surface area (Å²) in [6.07, 6.45) is 5.96. The molecule has 3 atom stereocenters. The van der Waals surface area contributed by atoms with Gasteiger partial charge in [-0.2, -0.15) is 0 Å². The van der Waals surface area contributed by atoms with Crippen LogP contribution in [0.5, 0.6) is 0 Å². The number of benzene rings is 2. The molecule has 7 rings (SSSR count). The standard InChI is InChI=1S/C29H26Cl2N4O5/c30-22-2-1-3-23(31)24(22)25-21(26(40-34-25)15-4-5-15)14-38-20-12-18-10-11-19(13-20)35(18)29-33-32-27(39-29)16-6-8-17(9-7-16)28(36)37/h1-3,6-9,15,18-20H,4-5,10-14H2,(H,36,37)/t18-,19+,20?. The largest absolute Gasteiger partial charge is 0.478 e. The predicted molar refractivity (Wildman–Crippen MR) is 148 cm³/mol. The van der Waals surface area contributed by atoms with Gasteiger partial charge in [0.2, 0.25) is 5.89 Å². The number of halogens is 2.